The molecule has 120 valence electrons. The molecular weight excluding hydrogens is 295 g/mol. The smallest absolute Gasteiger partial charge is 0.425 e. The quantitative estimate of drug-likeness (QED) is 0.628. The fourth-order valence-corrected chi connectivity index (χ4v) is 1.08. The second-order valence-corrected chi connectivity index (χ2v) is 4.94. The summed E-state index contributed by atoms with van der Waals surface area (Å²) in [4.78, 5) is 34.5. The maximum Gasteiger partial charge on any atom is 0.425 e. The van der Waals surface area contributed by atoms with E-state index in [4.69, 9.17) is 0 Å². The summed E-state index contributed by atoms with van der Waals surface area (Å²) in [6.45, 7) is 4.26. The van der Waals surface area contributed by atoms with Crippen LogP contribution in [0.2, 0.25) is 0 Å². The van der Waals surface area contributed by atoms with Crippen LogP contribution in [-0.4, -0.2) is 38.2 Å². The van der Waals surface area contributed by atoms with Crippen molar-refractivity contribution in [2.75, 3.05) is 14.2 Å². The van der Waals surface area contributed by atoms with Gasteiger partial charge >= 0.3 is 18.1 Å². The van der Waals surface area contributed by atoms with Crippen LogP contribution in [0.1, 0.15) is 20.8 Å². The lowest BCUT2D eigenvalue weighted by Crippen LogP contribution is -2.40. The van der Waals surface area contributed by atoms with Crippen LogP contribution in [-0.2, 0) is 23.9 Å². The standard InChI is InChI=1S/C12H16F3NO5/c1-11(2,3)10(19)16-7(9(18)21-5)6(8(17)20-4)12(13,14)15/h1-5H3,(H,16,19)/b7-6-. The SMILES string of the molecule is COC(=O)/C(NC(=O)C(C)(C)C)=C(\C(=O)OC)C(F)(F)F. The molecule has 0 atom stereocenters. The Labute approximate surface area is 119 Å². The van der Waals surface area contributed by atoms with Crippen molar-refractivity contribution in [2.24, 2.45) is 5.41 Å². The van der Waals surface area contributed by atoms with E-state index in [9.17, 15) is 27.6 Å². The molecule has 0 unspecified atom stereocenters. The fourth-order valence-electron chi connectivity index (χ4n) is 1.08. The van der Waals surface area contributed by atoms with Gasteiger partial charge < -0.3 is 14.8 Å². The first-order chi connectivity index (χ1) is 9.36. The van der Waals surface area contributed by atoms with Crippen LogP contribution in [0.25, 0.3) is 0 Å². The van der Waals surface area contributed by atoms with Crippen LogP contribution in [0.5, 0.6) is 0 Å². The van der Waals surface area contributed by atoms with E-state index in [1.54, 1.807) is 5.32 Å². The summed E-state index contributed by atoms with van der Waals surface area (Å²) < 4.78 is 47.0. The third-order valence-corrected chi connectivity index (χ3v) is 2.23. The topological polar surface area (TPSA) is 81.7 Å². The number of carbonyl (C=O) groups excluding carboxylic acids is 3. The Kier molecular flexibility index (Phi) is 5.95. The Morgan fingerprint density at radius 3 is 1.62 bits per heavy atom. The molecule has 0 saturated heterocycles. The molecule has 0 radical (unpaired) electrons. The molecule has 0 aromatic carbocycles. The molecule has 0 fully saturated rings. The van der Waals surface area contributed by atoms with Crippen molar-refractivity contribution in [2.45, 2.75) is 26.9 Å². The van der Waals surface area contributed by atoms with Crippen molar-refractivity contribution >= 4 is 17.8 Å². The lowest BCUT2D eigenvalue weighted by Gasteiger charge is -2.20. The van der Waals surface area contributed by atoms with E-state index in [0.717, 1.165) is 7.11 Å². The summed E-state index contributed by atoms with van der Waals surface area (Å²) in [7, 11) is 1.53. The molecule has 0 spiro atoms. The van der Waals surface area contributed by atoms with Crippen molar-refractivity contribution in [3.63, 3.8) is 0 Å². The molecular formula is C12H16F3NO5. The molecule has 0 rings (SSSR count). The Balaban J connectivity index is 6.07. The third kappa shape index (κ3) is 5.09. The van der Waals surface area contributed by atoms with E-state index in [1.807, 2.05) is 0 Å². The lowest BCUT2D eigenvalue weighted by atomic mass is 9.95. The van der Waals surface area contributed by atoms with E-state index >= 15 is 0 Å². The maximum atomic E-state index is 12.9. The molecule has 0 bridgehead atoms. The van der Waals surface area contributed by atoms with Crippen LogP contribution in [0, 0.1) is 5.41 Å². The van der Waals surface area contributed by atoms with Gasteiger partial charge in [-0.15, -0.1) is 0 Å². The molecule has 6 nitrogen and oxygen atoms in total. The first-order valence-electron chi connectivity index (χ1n) is 5.65. The molecule has 0 aliphatic carbocycles. The van der Waals surface area contributed by atoms with Crippen LogP contribution in [0.3, 0.4) is 0 Å². The molecule has 21 heavy (non-hydrogen) atoms. The predicted octanol–water partition coefficient (Wildman–Crippen LogP) is 1.31. The van der Waals surface area contributed by atoms with Gasteiger partial charge in [-0.25, -0.2) is 9.59 Å². The fraction of sp³-hybridized carbons (Fsp3) is 0.583. The molecule has 0 saturated carbocycles. The van der Waals surface area contributed by atoms with Gasteiger partial charge in [-0.2, -0.15) is 13.2 Å². The van der Waals surface area contributed by atoms with E-state index in [-0.39, 0.29) is 0 Å². The lowest BCUT2D eigenvalue weighted by molar-refractivity contribution is -0.151. The number of hydrogen-bond donors (Lipinski definition) is 1. The zero-order valence-electron chi connectivity index (χ0n) is 12.2. The summed E-state index contributed by atoms with van der Waals surface area (Å²) in [5, 5.41) is 1.77. The van der Waals surface area contributed by atoms with Gasteiger partial charge in [0.2, 0.25) is 5.91 Å². The number of methoxy groups -OCH3 is 2. The normalized spacial score (nSPS) is 13.1. The average molecular weight is 311 g/mol. The minimum Gasteiger partial charge on any atom is -0.465 e. The zero-order valence-corrected chi connectivity index (χ0v) is 12.2. The first-order valence-corrected chi connectivity index (χ1v) is 5.65. The Hall–Kier alpha value is -2.06. The molecule has 9 heteroatoms. The number of hydrogen-bond acceptors (Lipinski definition) is 5. The van der Waals surface area contributed by atoms with E-state index in [1.165, 1.54) is 20.8 Å². The van der Waals surface area contributed by atoms with Crippen LogP contribution in [0.4, 0.5) is 13.2 Å². The molecule has 1 N–H and O–H groups in total. The molecule has 0 aromatic rings. The van der Waals surface area contributed by atoms with Crippen molar-refractivity contribution in [1.29, 1.82) is 0 Å². The van der Waals surface area contributed by atoms with Crippen LogP contribution in [0.15, 0.2) is 11.3 Å². The summed E-state index contributed by atoms with van der Waals surface area (Å²) in [6, 6.07) is 0. The first kappa shape index (κ1) is 18.9. The number of rotatable bonds is 3. The largest absolute Gasteiger partial charge is 0.465 e. The van der Waals surface area contributed by atoms with Gasteiger partial charge in [0.15, 0.2) is 5.57 Å². The van der Waals surface area contributed by atoms with E-state index in [0.29, 0.717) is 7.11 Å². The molecule has 0 heterocycles. The summed E-state index contributed by atoms with van der Waals surface area (Å²) in [5.74, 6) is -4.21. The Morgan fingerprint density at radius 1 is 0.905 bits per heavy atom. The van der Waals surface area contributed by atoms with E-state index in [2.05, 4.69) is 9.47 Å². The maximum absolute atomic E-state index is 12.9. The van der Waals surface area contributed by atoms with Crippen molar-refractivity contribution in [1.82, 2.24) is 5.32 Å². The number of esters is 2. The van der Waals surface area contributed by atoms with E-state index < -0.39 is 40.7 Å². The van der Waals surface area contributed by atoms with Crippen LogP contribution < -0.4 is 5.32 Å². The minimum absolute atomic E-state index is 0.717. The summed E-state index contributed by atoms with van der Waals surface area (Å²) in [5.41, 5.74) is -4.34. The second-order valence-electron chi connectivity index (χ2n) is 4.94. The highest BCUT2D eigenvalue weighted by Crippen LogP contribution is 2.29. The van der Waals surface area contributed by atoms with Gasteiger partial charge in [0.25, 0.3) is 0 Å². The Bertz CT molecular complexity index is 474. The molecule has 0 aliphatic rings. The number of nitrogens with one attached hydrogen (secondary N) is 1. The van der Waals surface area contributed by atoms with Crippen molar-refractivity contribution in [3.8, 4) is 0 Å². The van der Waals surface area contributed by atoms with Gasteiger partial charge in [0, 0.05) is 5.41 Å². The van der Waals surface area contributed by atoms with Crippen molar-refractivity contribution in [3.05, 3.63) is 11.3 Å². The minimum atomic E-state index is -5.21. The number of amides is 1. The summed E-state index contributed by atoms with van der Waals surface area (Å²) >= 11 is 0. The Morgan fingerprint density at radius 2 is 1.33 bits per heavy atom. The van der Waals surface area contributed by atoms with Gasteiger partial charge in [-0.05, 0) is 0 Å². The average Bonchev–Trinajstić information content (AvgIpc) is 2.33. The van der Waals surface area contributed by atoms with Gasteiger partial charge in [-0.3, -0.25) is 4.79 Å². The predicted molar refractivity (Wildman–Crippen MR) is 64.7 cm³/mol. The molecule has 1 amide bonds. The number of carbonyl (C=O) groups is 3. The second kappa shape index (κ2) is 6.59. The number of alkyl halides is 3. The van der Waals surface area contributed by atoms with Gasteiger partial charge in [0.05, 0.1) is 14.2 Å². The van der Waals surface area contributed by atoms with Gasteiger partial charge in [0.1, 0.15) is 5.70 Å². The van der Waals surface area contributed by atoms with Crippen molar-refractivity contribution < 1.29 is 37.0 Å². The molecule has 0 aliphatic heterocycles. The highest BCUT2D eigenvalue weighted by molar-refractivity contribution is 6.04. The van der Waals surface area contributed by atoms with Crippen LogP contribution >= 0.6 is 0 Å². The summed E-state index contributed by atoms with van der Waals surface area (Å²) in [6.07, 6.45) is -5.21. The highest BCUT2D eigenvalue weighted by Gasteiger charge is 2.45. The molecule has 0 aromatic heterocycles. The zero-order chi connectivity index (χ0) is 17.0. The monoisotopic (exact) mass is 311 g/mol. The third-order valence-electron chi connectivity index (χ3n) is 2.23. The number of ether oxygens (including phenoxy) is 2. The highest BCUT2D eigenvalue weighted by atomic mass is 19.4. The number of halogens is 3. The van der Waals surface area contributed by atoms with Gasteiger partial charge in [-0.1, -0.05) is 20.8 Å².